The van der Waals surface area contributed by atoms with E-state index in [1.807, 2.05) is 13.0 Å². The van der Waals surface area contributed by atoms with Gasteiger partial charge in [0, 0.05) is 16.8 Å². The van der Waals surface area contributed by atoms with E-state index in [2.05, 4.69) is 10.3 Å². The quantitative estimate of drug-likeness (QED) is 0.798. The van der Waals surface area contributed by atoms with Crippen molar-refractivity contribution in [2.75, 3.05) is 0 Å². The summed E-state index contributed by atoms with van der Waals surface area (Å²) in [5.41, 5.74) is 2.09. The van der Waals surface area contributed by atoms with E-state index in [1.165, 1.54) is 19.2 Å². The third kappa shape index (κ3) is 3.78. The van der Waals surface area contributed by atoms with Crippen molar-refractivity contribution in [1.29, 1.82) is 0 Å². The number of pyridine rings is 1. The van der Waals surface area contributed by atoms with Crippen molar-refractivity contribution in [3.63, 3.8) is 0 Å². The van der Waals surface area contributed by atoms with Crippen LogP contribution in [0.2, 0.25) is 5.02 Å². The number of aromatic nitrogens is 1. The van der Waals surface area contributed by atoms with Crippen molar-refractivity contribution in [2.45, 2.75) is 19.9 Å². The Bertz CT molecular complexity index is 777. The summed E-state index contributed by atoms with van der Waals surface area (Å²) in [5, 5.41) is 21.6. The number of carbonyl (C=O) groups excluding carboxylic acids is 1. The number of carboxylic acid groups (broad SMARTS) is 1. The summed E-state index contributed by atoms with van der Waals surface area (Å²) in [6.07, 6.45) is 1.43. The number of aryl methyl sites for hydroxylation is 1. The lowest BCUT2D eigenvalue weighted by Crippen LogP contribution is -2.38. The molecule has 120 valence electrons. The topological polar surface area (TPSA) is 99.5 Å². The Hall–Kier alpha value is -2.60. The minimum absolute atomic E-state index is 0.235. The summed E-state index contributed by atoms with van der Waals surface area (Å²) >= 11 is 5.97. The van der Waals surface area contributed by atoms with Crippen molar-refractivity contribution in [1.82, 2.24) is 10.3 Å². The van der Waals surface area contributed by atoms with Crippen molar-refractivity contribution < 1.29 is 19.8 Å². The summed E-state index contributed by atoms with van der Waals surface area (Å²) in [5.74, 6) is -2.27. The molecule has 6 nitrogen and oxygen atoms in total. The summed E-state index contributed by atoms with van der Waals surface area (Å²) < 4.78 is 0. The molecule has 2 aromatic rings. The van der Waals surface area contributed by atoms with E-state index in [0.717, 1.165) is 11.1 Å². The zero-order valence-corrected chi connectivity index (χ0v) is 13.3. The minimum Gasteiger partial charge on any atom is -0.505 e. The first kappa shape index (κ1) is 16.8. The fourth-order valence-corrected chi connectivity index (χ4v) is 2.18. The molecule has 0 radical (unpaired) electrons. The van der Waals surface area contributed by atoms with Gasteiger partial charge in [-0.15, -0.1) is 0 Å². The SMILES string of the molecule is Cc1ccc(Cl)cc1-c1cnc(C(=O)NC(C)C(=O)O)c(O)c1. The number of hydrogen-bond donors (Lipinski definition) is 3. The molecule has 0 aliphatic carbocycles. The van der Waals surface area contributed by atoms with Crippen molar-refractivity contribution >= 4 is 23.5 Å². The summed E-state index contributed by atoms with van der Waals surface area (Å²) in [6, 6.07) is 5.64. The van der Waals surface area contributed by atoms with Gasteiger partial charge in [0.05, 0.1) is 0 Å². The van der Waals surface area contributed by atoms with Gasteiger partial charge in [-0.25, -0.2) is 4.98 Å². The predicted molar refractivity (Wildman–Crippen MR) is 85.6 cm³/mol. The van der Waals surface area contributed by atoms with Crippen LogP contribution in [0.25, 0.3) is 11.1 Å². The molecule has 1 heterocycles. The second kappa shape index (κ2) is 6.66. The van der Waals surface area contributed by atoms with Crippen LogP contribution in [0, 0.1) is 6.92 Å². The fraction of sp³-hybridized carbons (Fsp3) is 0.188. The van der Waals surface area contributed by atoms with Crippen molar-refractivity contribution in [3.05, 3.63) is 46.7 Å². The van der Waals surface area contributed by atoms with Crippen LogP contribution in [0.4, 0.5) is 0 Å². The van der Waals surface area contributed by atoms with Crippen LogP contribution in [0.15, 0.2) is 30.5 Å². The van der Waals surface area contributed by atoms with Gasteiger partial charge in [0.1, 0.15) is 11.8 Å². The van der Waals surface area contributed by atoms with Crippen molar-refractivity contribution in [3.8, 4) is 16.9 Å². The Morgan fingerprint density at radius 1 is 1.30 bits per heavy atom. The van der Waals surface area contributed by atoms with Gasteiger partial charge >= 0.3 is 5.97 Å². The highest BCUT2D eigenvalue weighted by molar-refractivity contribution is 6.30. The molecule has 1 aromatic heterocycles. The van der Waals surface area contributed by atoms with Gasteiger partial charge in [-0.3, -0.25) is 9.59 Å². The van der Waals surface area contributed by atoms with E-state index in [9.17, 15) is 14.7 Å². The first-order chi connectivity index (χ1) is 10.8. The highest BCUT2D eigenvalue weighted by atomic mass is 35.5. The number of aromatic hydroxyl groups is 1. The molecule has 0 bridgehead atoms. The molecule has 23 heavy (non-hydrogen) atoms. The molecule has 0 saturated carbocycles. The van der Waals surface area contributed by atoms with Gasteiger partial charge in [-0.1, -0.05) is 17.7 Å². The molecular formula is C16H15ClN2O4. The van der Waals surface area contributed by atoms with Gasteiger partial charge in [0.25, 0.3) is 5.91 Å². The largest absolute Gasteiger partial charge is 0.505 e. The second-order valence-electron chi connectivity index (χ2n) is 5.08. The van der Waals surface area contributed by atoms with Crippen LogP contribution in [0.1, 0.15) is 23.0 Å². The van der Waals surface area contributed by atoms with E-state index < -0.39 is 17.9 Å². The molecule has 0 spiro atoms. The average Bonchev–Trinajstić information content (AvgIpc) is 2.49. The molecule has 0 aliphatic rings. The number of aliphatic carboxylic acids is 1. The number of rotatable bonds is 4. The monoisotopic (exact) mass is 334 g/mol. The van der Waals surface area contributed by atoms with E-state index in [4.69, 9.17) is 16.7 Å². The first-order valence-corrected chi connectivity index (χ1v) is 7.16. The minimum atomic E-state index is -1.18. The maximum atomic E-state index is 11.9. The molecule has 3 N–H and O–H groups in total. The van der Waals surface area contributed by atoms with E-state index in [0.29, 0.717) is 10.6 Å². The zero-order chi connectivity index (χ0) is 17.1. The van der Waals surface area contributed by atoms with Crippen LogP contribution in [0.5, 0.6) is 5.75 Å². The van der Waals surface area contributed by atoms with Gasteiger partial charge < -0.3 is 15.5 Å². The van der Waals surface area contributed by atoms with Gasteiger partial charge in [0.2, 0.25) is 0 Å². The number of nitrogens with one attached hydrogen (secondary N) is 1. The highest BCUT2D eigenvalue weighted by Gasteiger charge is 2.19. The van der Waals surface area contributed by atoms with E-state index in [-0.39, 0.29) is 11.4 Å². The number of carboxylic acids is 1. The van der Waals surface area contributed by atoms with Crippen LogP contribution in [-0.2, 0) is 4.79 Å². The molecular weight excluding hydrogens is 320 g/mol. The predicted octanol–water partition coefficient (Wildman–Crippen LogP) is 2.62. The number of amides is 1. The molecule has 7 heteroatoms. The number of hydrogen-bond acceptors (Lipinski definition) is 4. The highest BCUT2D eigenvalue weighted by Crippen LogP contribution is 2.29. The average molecular weight is 335 g/mol. The summed E-state index contributed by atoms with van der Waals surface area (Å²) in [7, 11) is 0. The normalized spacial score (nSPS) is 11.8. The lowest BCUT2D eigenvalue weighted by atomic mass is 10.0. The third-order valence-corrected chi connectivity index (χ3v) is 3.55. The smallest absolute Gasteiger partial charge is 0.325 e. The van der Waals surface area contributed by atoms with Crippen LogP contribution < -0.4 is 5.32 Å². The molecule has 2 rings (SSSR count). The Morgan fingerprint density at radius 3 is 2.61 bits per heavy atom. The Balaban J connectivity index is 2.33. The number of carbonyl (C=O) groups is 2. The maximum Gasteiger partial charge on any atom is 0.325 e. The molecule has 1 amide bonds. The maximum absolute atomic E-state index is 11.9. The van der Waals surface area contributed by atoms with Gasteiger partial charge in [-0.05, 0) is 43.2 Å². The summed E-state index contributed by atoms with van der Waals surface area (Å²) in [4.78, 5) is 26.6. The third-order valence-electron chi connectivity index (χ3n) is 3.31. The first-order valence-electron chi connectivity index (χ1n) is 6.79. The fourth-order valence-electron chi connectivity index (χ4n) is 2.01. The zero-order valence-electron chi connectivity index (χ0n) is 12.5. The molecule has 1 unspecified atom stereocenters. The number of nitrogens with zero attached hydrogens (tertiary/aromatic N) is 1. The Morgan fingerprint density at radius 2 is 2.00 bits per heavy atom. The number of halogens is 1. The molecule has 0 saturated heterocycles. The van der Waals surface area contributed by atoms with E-state index in [1.54, 1.807) is 12.1 Å². The molecule has 0 aliphatic heterocycles. The van der Waals surface area contributed by atoms with E-state index >= 15 is 0 Å². The number of benzene rings is 1. The Kier molecular flexibility index (Phi) is 4.86. The molecule has 1 aromatic carbocycles. The van der Waals surface area contributed by atoms with Crippen LogP contribution in [-0.4, -0.2) is 33.1 Å². The van der Waals surface area contributed by atoms with Gasteiger partial charge in [-0.2, -0.15) is 0 Å². The molecule has 0 fully saturated rings. The Labute approximate surface area is 137 Å². The standard InChI is InChI=1S/C16H15ClN2O4/c1-8-3-4-11(17)6-12(8)10-5-13(20)14(18-7-10)15(21)19-9(2)16(22)23/h3-7,9,20H,1-2H3,(H,19,21)(H,22,23). The van der Waals surface area contributed by atoms with Crippen molar-refractivity contribution in [2.24, 2.45) is 0 Å². The summed E-state index contributed by atoms with van der Waals surface area (Å²) in [6.45, 7) is 3.21. The van der Waals surface area contributed by atoms with Gasteiger partial charge in [0.15, 0.2) is 5.69 Å². The lowest BCUT2D eigenvalue weighted by molar-refractivity contribution is -0.138. The van der Waals surface area contributed by atoms with Crippen LogP contribution >= 0.6 is 11.6 Å². The lowest BCUT2D eigenvalue weighted by Gasteiger charge is -2.11. The van der Waals surface area contributed by atoms with Crippen LogP contribution in [0.3, 0.4) is 0 Å². The molecule has 1 atom stereocenters. The second-order valence-corrected chi connectivity index (χ2v) is 5.52.